The highest BCUT2D eigenvalue weighted by Crippen LogP contribution is 2.47. The highest BCUT2D eigenvalue weighted by molar-refractivity contribution is 5.96. The van der Waals surface area contributed by atoms with Gasteiger partial charge >= 0.3 is 6.18 Å². The fourth-order valence-corrected chi connectivity index (χ4v) is 6.15. The molecule has 2 aliphatic rings. The van der Waals surface area contributed by atoms with Crippen LogP contribution in [0, 0.1) is 19.8 Å². The van der Waals surface area contributed by atoms with E-state index in [-0.39, 0.29) is 17.9 Å². The van der Waals surface area contributed by atoms with E-state index in [1.165, 1.54) is 12.1 Å². The molecule has 1 fully saturated rings. The first-order valence-corrected chi connectivity index (χ1v) is 14.3. The number of piperidine rings is 1. The maximum atomic E-state index is 13.2. The quantitative estimate of drug-likeness (QED) is 0.312. The van der Waals surface area contributed by atoms with Crippen LogP contribution in [0.15, 0.2) is 73.4 Å². The normalized spacial score (nSPS) is 17.9. The third-order valence-electron chi connectivity index (χ3n) is 8.46. The van der Waals surface area contributed by atoms with Gasteiger partial charge in [0.25, 0.3) is 11.7 Å². The summed E-state index contributed by atoms with van der Waals surface area (Å²) < 4.78 is 51.9. The minimum Gasteiger partial charge on any atom is -0.452 e. The van der Waals surface area contributed by atoms with Crippen LogP contribution in [0.1, 0.15) is 58.8 Å². The largest absolute Gasteiger partial charge is 0.452 e. The number of nitrogens with one attached hydrogen (secondary N) is 1. The first-order valence-electron chi connectivity index (χ1n) is 14.3. The zero-order valence-electron chi connectivity index (χ0n) is 24.1. The van der Waals surface area contributed by atoms with Crippen molar-refractivity contribution in [1.29, 1.82) is 0 Å². The number of amides is 1. The molecular weight excluding hydrogens is 543 g/mol. The van der Waals surface area contributed by atoms with Gasteiger partial charge in [-0.05, 0) is 87.5 Å². The molecule has 1 atom stereocenters. The number of ether oxygens (including phenoxy) is 2. The number of halogens is 3. The fourth-order valence-electron chi connectivity index (χ4n) is 6.15. The highest BCUT2D eigenvalue weighted by atomic mass is 19.4. The summed E-state index contributed by atoms with van der Waals surface area (Å²) >= 11 is 0. The molecule has 0 bridgehead atoms. The highest BCUT2D eigenvalue weighted by Gasteiger charge is 2.48. The Morgan fingerprint density at radius 1 is 1.02 bits per heavy atom. The fraction of sp³-hybridized carbons (Fsp3) is 0.394. The van der Waals surface area contributed by atoms with Crippen LogP contribution in [0.25, 0.3) is 11.1 Å². The number of alkyl halides is 3. The number of hydrogen-bond donors (Lipinski definition) is 1. The van der Waals surface area contributed by atoms with E-state index in [2.05, 4.69) is 22.1 Å². The summed E-state index contributed by atoms with van der Waals surface area (Å²) in [5, 5.41) is 3.06. The van der Waals surface area contributed by atoms with Gasteiger partial charge in [-0.1, -0.05) is 36.4 Å². The lowest BCUT2D eigenvalue weighted by molar-refractivity contribution is -0.201. The predicted molar refractivity (Wildman–Crippen MR) is 154 cm³/mol. The minimum absolute atomic E-state index is 0.0314. The van der Waals surface area contributed by atoms with Gasteiger partial charge in [-0.25, -0.2) is 0 Å². The van der Waals surface area contributed by atoms with Crippen molar-refractivity contribution in [3.63, 3.8) is 0 Å². The molecule has 3 heterocycles. The van der Waals surface area contributed by atoms with Crippen molar-refractivity contribution in [1.82, 2.24) is 15.2 Å². The van der Waals surface area contributed by atoms with E-state index in [0.717, 1.165) is 66.7 Å². The van der Waals surface area contributed by atoms with Gasteiger partial charge in [0.15, 0.2) is 0 Å². The van der Waals surface area contributed by atoms with Crippen molar-refractivity contribution >= 4 is 5.91 Å². The number of rotatable bonds is 8. The molecule has 3 aromatic rings. The van der Waals surface area contributed by atoms with E-state index in [4.69, 9.17) is 9.47 Å². The van der Waals surface area contributed by atoms with Crippen molar-refractivity contribution < 1.29 is 27.4 Å². The maximum Gasteiger partial charge on any atom is 0.416 e. The van der Waals surface area contributed by atoms with Gasteiger partial charge in [0.2, 0.25) is 0 Å². The predicted octanol–water partition coefficient (Wildman–Crippen LogP) is 6.98. The first kappa shape index (κ1) is 29.6. The van der Waals surface area contributed by atoms with Crippen LogP contribution in [0.4, 0.5) is 13.2 Å². The Morgan fingerprint density at radius 2 is 1.64 bits per heavy atom. The van der Waals surface area contributed by atoms with Gasteiger partial charge in [0, 0.05) is 42.0 Å². The molecule has 6 nitrogen and oxygen atoms in total. The molecule has 42 heavy (non-hydrogen) atoms. The maximum absolute atomic E-state index is 13.2. The monoisotopic (exact) mass is 579 g/mol. The van der Waals surface area contributed by atoms with Crippen molar-refractivity contribution in [3.05, 3.63) is 101 Å². The lowest BCUT2D eigenvalue weighted by atomic mass is 9.80. The van der Waals surface area contributed by atoms with Crippen molar-refractivity contribution in [2.24, 2.45) is 5.92 Å². The third-order valence-corrected chi connectivity index (χ3v) is 8.46. The van der Waals surface area contributed by atoms with Gasteiger partial charge in [-0.15, -0.1) is 0 Å². The van der Waals surface area contributed by atoms with Gasteiger partial charge in [-0.3, -0.25) is 9.78 Å². The van der Waals surface area contributed by atoms with Crippen molar-refractivity contribution in [2.45, 2.75) is 58.0 Å². The summed E-state index contributed by atoms with van der Waals surface area (Å²) in [6, 6.07) is 13.1. The number of pyridine rings is 1. The average Bonchev–Trinajstić information content (AvgIpc) is 3.48. The molecule has 1 aromatic heterocycles. The smallest absolute Gasteiger partial charge is 0.416 e. The molecule has 0 spiro atoms. The van der Waals surface area contributed by atoms with Crippen LogP contribution in [-0.2, 0) is 21.4 Å². The number of aromatic nitrogens is 1. The SMILES string of the molecule is Cc1cncc(C)c1C(=O)NCCC(C)N1CCC(C2(c3ccccc3-c3ccc(C(F)(F)F)cc3)OC=CO2)CC1. The number of likely N-dealkylation sites (tertiary alicyclic amines) is 1. The topological polar surface area (TPSA) is 63.7 Å². The second kappa shape index (κ2) is 12.2. The summed E-state index contributed by atoms with van der Waals surface area (Å²) in [6.07, 6.45) is 4.56. The third kappa shape index (κ3) is 6.02. The summed E-state index contributed by atoms with van der Waals surface area (Å²) in [4.78, 5) is 19.3. The van der Waals surface area contributed by atoms with Gasteiger partial charge in [-0.2, -0.15) is 13.2 Å². The van der Waals surface area contributed by atoms with E-state index in [1.807, 2.05) is 38.1 Å². The van der Waals surface area contributed by atoms with E-state index in [0.29, 0.717) is 17.7 Å². The zero-order valence-corrected chi connectivity index (χ0v) is 24.1. The molecule has 5 rings (SSSR count). The summed E-state index contributed by atoms with van der Waals surface area (Å²) in [6.45, 7) is 8.20. The number of carbonyl (C=O) groups excluding carboxylic acids is 1. The molecule has 2 aromatic carbocycles. The van der Waals surface area contributed by atoms with Gasteiger partial charge < -0.3 is 19.7 Å². The molecule has 2 aliphatic heterocycles. The van der Waals surface area contributed by atoms with Crippen LogP contribution < -0.4 is 5.32 Å². The Hall–Kier alpha value is -3.85. The van der Waals surface area contributed by atoms with Gasteiger partial charge in [0.05, 0.1) is 5.56 Å². The standard InChI is InChI=1S/C33H36F3N3O3/c1-22-20-37-21-23(2)30(22)31(40)38-15-12-24(3)39-16-13-26(14-17-39)32(41-18-19-42-32)29-7-5-4-6-28(29)25-8-10-27(11-9-25)33(34,35)36/h4-11,18-21,24,26H,12-17H2,1-3H3,(H,38,40). The Balaban J connectivity index is 1.24. The molecule has 222 valence electrons. The van der Waals surface area contributed by atoms with Crippen LogP contribution in [0.5, 0.6) is 0 Å². The molecule has 9 heteroatoms. The summed E-state index contributed by atoms with van der Waals surface area (Å²) in [5.74, 6) is -1.10. The van der Waals surface area contributed by atoms with E-state index in [9.17, 15) is 18.0 Å². The van der Waals surface area contributed by atoms with Crippen molar-refractivity contribution in [2.75, 3.05) is 19.6 Å². The number of benzene rings is 2. The minimum atomic E-state index is -4.39. The molecule has 1 amide bonds. The number of carbonyl (C=O) groups is 1. The average molecular weight is 580 g/mol. The Bertz CT molecular complexity index is 1400. The molecule has 0 saturated carbocycles. The second-order valence-electron chi connectivity index (χ2n) is 11.1. The molecule has 0 aliphatic carbocycles. The van der Waals surface area contributed by atoms with Crippen LogP contribution in [0.3, 0.4) is 0 Å². The van der Waals surface area contributed by atoms with Crippen LogP contribution in [0.2, 0.25) is 0 Å². The van der Waals surface area contributed by atoms with E-state index < -0.39 is 17.5 Å². The molecule has 1 saturated heterocycles. The van der Waals surface area contributed by atoms with Gasteiger partial charge in [0.1, 0.15) is 12.5 Å². The zero-order chi connectivity index (χ0) is 29.9. The number of hydrogen-bond acceptors (Lipinski definition) is 5. The summed E-state index contributed by atoms with van der Waals surface area (Å²) in [5.41, 5.74) is 3.97. The second-order valence-corrected chi connectivity index (χ2v) is 11.1. The van der Waals surface area contributed by atoms with Crippen molar-refractivity contribution in [3.8, 4) is 11.1 Å². The van der Waals surface area contributed by atoms with Crippen LogP contribution in [-0.4, -0.2) is 41.5 Å². The Kier molecular flexibility index (Phi) is 8.59. The molecule has 1 N–H and O–H groups in total. The molecular formula is C33H36F3N3O3. The van der Waals surface area contributed by atoms with E-state index >= 15 is 0 Å². The number of aryl methyl sites for hydroxylation is 2. The lowest BCUT2D eigenvalue weighted by Crippen LogP contribution is -2.47. The first-order chi connectivity index (χ1) is 20.1. The summed E-state index contributed by atoms with van der Waals surface area (Å²) in [7, 11) is 0. The Morgan fingerprint density at radius 3 is 2.26 bits per heavy atom. The lowest BCUT2D eigenvalue weighted by Gasteiger charge is -2.43. The molecule has 0 radical (unpaired) electrons. The van der Waals surface area contributed by atoms with E-state index in [1.54, 1.807) is 24.9 Å². The number of nitrogens with zero attached hydrogens (tertiary/aromatic N) is 2. The molecule has 1 unspecified atom stereocenters. The Labute approximate surface area is 244 Å². The van der Waals surface area contributed by atoms with Crippen LogP contribution >= 0.6 is 0 Å².